The largest absolute Gasteiger partial charge is 0.493 e. The van der Waals surface area contributed by atoms with Gasteiger partial charge in [0.1, 0.15) is 16.7 Å². The standard InChI is InChI=1S/C38H31N3O6/c1-22-34-36(40-47-22)35-29(28-15-8-12-24-11-5-6-14-27(24)28)16-9-17-30(35)41(38(34)43)26-13-7-10-23(18-26)19-33(42)39-25-20-31(44-2)37(46-4)32(21-25)45-3/h5-18,20-21H,19H2,1-4H3,(H,39,42). The average Bonchev–Trinajstić information content (AvgIpc) is 3.49. The highest BCUT2D eigenvalue weighted by molar-refractivity contribution is 6.14. The number of hydrogen-bond donors (Lipinski definition) is 1. The molecule has 2 aromatic heterocycles. The summed E-state index contributed by atoms with van der Waals surface area (Å²) in [4.78, 5) is 27.4. The average molecular weight is 626 g/mol. The Morgan fingerprint density at radius 3 is 2.28 bits per heavy atom. The van der Waals surface area contributed by atoms with Gasteiger partial charge in [0.15, 0.2) is 11.5 Å². The van der Waals surface area contributed by atoms with Crippen molar-refractivity contribution >= 4 is 44.2 Å². The molecule has 7 rings (SSSR count). The van der Waals surface area contributed by atoms with Crippen LogP contribution in [0.1, 0.15) is 11.3 Å². The minimum atomic E-state index is -0.253. The topological polar surface area (TPSA) is 105 Å². The van der Waals surface area contributed by atoms with Crippen molar-refractivity contribution in [2.24, 2.45) is 0 Å². The Morgan fingerprint density at radius 2 is 1.51 bits per heavy atom. The van der Waals surface area contributed by atoms with Gasteiger partial charge in [0.25, 0.3) is 5.56 Å². The van der Waals surface area contributed by atoms with Crippen LogP contribution in [0, 0.1) is 6.92 Å². The maximum absolute atomic E-state index is 14.2. The van der Waals surface area contributed by atoms with Crippen LogP contribution < -0.4 is 25.1 Å². The van der Waals surface area contributed by atoms with E-state index in [0.717, 1.165) is 32.8 Å². The van der Waals surface area contributed by atoms with E-state index in [9.17, 15) is 9.59 Å². The second-order valence-corrected chi connectivity index (χ2v) is 11.1. The quantitative estimate of drug-likeness (QED) is 0.187. The molecule has 9 nitrogen and oxygen atoms in total. The molecule has 7 aromatic rings. The number of fused-ring (bicyclic) bond motifs is 4. The zero-order chi connectivity index (χ0) is 32.7. The molecule has 0 bridgehead atoms. The van der Waals surface area contributed by atoms with E-state index in [4.69, 9.17) is 18.7 Å². The maximum atomic E-state index is 14.2. The van der Waals surface area contributed by atoms with Crippen molar-refractivity contribution in [1.29, 1.82) is 0 Å². The van der Waals surface area contributed by atoms with E-state index in [1.807, 2.05) is 60.7 Å². The molecule has 0 radical (unpaired) electrons. The monoisotopic (exact) mass is 625 g/mol. The molecule has 2 heterocycles. The number of amides is 1. The number of anilines is 1. The van der Waals surface area contributed by atoms with Crippen LogP contribution in [0.2, 0.25) is 0 Å². The molecule has 0 fully saturated rings. The molecule has 5 aromatic carbocycles. The molecule has 0 aliphatic heterocycles. The van der Waals surface area contributed by atoms with Crippen LogP contribution in [0.5, 0.6) is 17.2 Å². The summed E-state index contributed by atoms with van der Waals surface area (Å²) in [5, 5.41) is 10.7. The first-order valence-corrected chi connectivity index (χ1v) is 15.0. The minimum absolute atomic E-state index is 0.0625. The Kier molecular flexibility index (Phi) is 7.57. The molecule has 0 unspecified atom stereocenters. The summed E-state index contributed by atoms with van der Waals surface area (Å²) >= 11 is 0. The van der Waals surface area contributed by atoms with Gasteiger partial charge in [-0.3, -0.25) is 14.2 Å². The number of pyridine rings is 1. The molecule has 0 spiro atoms. The fraction of sp³-hybridized carbons (Fsp3) is 0.132. The predicted molar refractivity (Wildman–Crippen MR) is 183 cm³/mol. The van der Waals surface area contributed by atoms with Crippen LogP contribution in [0.15, 0.2) is 106 Å². The molecule has 0 saturated heterocycles. The molecule has 0 atom stereocenters. The first-order chi connectivity index (χ1) is 22.9. The van der Waals surface area contributed by atoms with E-state index < -0.39 is 0 Å². The number of benzene rings is 5. The van der Waals surface area contributed by atoms with E-state index in [1.165, 1.54) is 21.3 Å². The van der Waals surface area contributed by atoms with Gasteiger partial charge in [0, 0.05) is 28.9 Å². The van der Waals surface area contributed by atoms with Crippen LogP contribution in [0.25, 0.3) is 49.4 Å². The third-order valence-electron chi connectivity index (χ3n) is 8.36. The van der Waals surface area contributed by atoms with E-state index in [1.54, 1.807) is 23.6 Å². The third kappa shape index (κ3) is 5.11. The van der Waals surface area contributed by atoms with E-state index in [2.05, 4.69) is 34.7 Å². The Morgan fingerprint density at radius 1 is 0.809 bits per heavy atom. The Balaban J connectivity index is 1.33. The number of ether oxygens (including phenoxy) is 3. The number of carbonyl (C=O) groups is 1. The Hall–Kier alpha value is -6.09. The number of rotatable bonds is 8. The zero-order valence-corrected chi connectivity index (χ0v) is 26.3. The van der Waals surface area contributed by atoms with Gasteiger partial charge in [-0.25, -0.2) is 0 Å². The van der Waals surface area contributed by atoms with E-state index in [0.29, 0.717) is 50.8 Å². The highest BCUT2D eigenvalue weighted by Gasteiger charge is 2.22. The van der Waals surface area contributed by atoms with Gasteiger partial charge in [-0.15, -0.1) is 0 Å². The van der Waals surface area contributed by atoms with Gasteiger partial charge < -0.3 is 24.1 Å². The molecule has 1 amide bonds. The number of carbonyl (C=O) groups excluding carboxylic acids is 1. The van der Waals surface area contributed by atoms with Gasteiger partial charge >= 0.3 is 0 Å². The van der Waals surface area contributed by atoms with Gasteiger partial charge in [0.2, 0.25) is 11.7 Å². The molecule has 0 saturated carbocycles. The summed E-state index contributed by atoms with van der Waals surface area (Å²) in [6, 6.07) is 31.1. The van der Waals surface area contributed by atoms with Crippen molar-refractivity contribution < 1.29 is 23.5 Å². The number of nitrogens with zero attached hydrogens (tertiary/aromatic N) is 2. The molecule has 234 valence electrons. The molecule has 47 heavy (non-hydrogen) atoms. The lowest BCUT2D eigenvalue weighted by atomic mass is 9.94. The summed E-state index contributed by atoms with van der Waals surface area (Å²) in [6.45, 7) is 1.75. The summed E-state index contributed by atoms with van der Waals surface area (Å²) in [6.07, 6.45) is 0.0625. The van der Waals surface area contributed by atoms with Crippen molar-refractivity contribution in [3.05, 3.63) is 119 Å². The lowest BCUT2D eigenvalue weighted by Gasteiger charge is -2.16. The lowest BCUT2D eigenvalue weighted by molar-refractivity contribution is -0.115. The Bertz CT molecular complexity index is 2360. The van der Waals surface area contributed by atoms with Crippen LogP contribution in [-0.2, 0) is 11.2 Å². The molecule has 0 aliphatic carbocycles. The van der Waals surface area contributed by atoms with Gasteiger partial charge in [-0.2, -0.15) is 0 Å². The van der Waals surface area contributed by atoms with Gasteiger partial charge in [0.05, 0.1) is 33.3 Å². The van der Waals surface area contributed by atoms with Crippen molar-refractivity contribution in [2.45, 2.75) is 13.3 Å². The number of aryl methyl sites for hydroxylation is 1. The third-order valence-corrected chi connectivity index (χ3v) is 8.36. The first kappa shape index (κ1) is 29.6. The zero-order valence-electron chi connectivity index (χ0n) is 26.3. The Labute approximate surface area is 269 Å². The fourth-order valence-electron chi connectivity index (χ4n) is 6.28. The first-order valence-electron chi connectivity index (χ1n) is 15.0. The molecule has 1 N–H and O–H groups in total. The SMILES string of the molecule is COc1cc(NC(=O)Cc2cccc(-n3c(=O)c4c(C)onc4c4c(-c5cccc6ccccc56)cccc43)c2)cc(OC)c1OC. The number of methoxy groups -OCH3 is 3. The highest BCUT2D eigenvalue weighted by Crippen LogP contribution is 2.40. The normalized spacial score (nSPS) is 11.2. The van der Waals surface area contributed by atoms with Crippen molar-refractivity contribution in [3.63, 3.8) is 0 Å². The van der Waals surface area contributed by atoms with Crippen molar-refractivity contribution in [3.8, 4) is 34.1 Å². The summed E-state index contributed by atoms with van der Waals surface area (Å²) in [5.74, 6) is 1.48. The predicted octanol–water partition coefficient (Wildman–Crippen LogP) is 7.47. The van der Waals surface area contributed by atoms with Crippen LogP contribution in [0.3, 0.4) is 0 Å². The molecular weight excluding hydrogens is 594 g/mol. The van der Waals surface area contributed by atoms with Gasteiger partial charge in [-0.05, 0) is 52.6 Å². The maximum Gasteiger partial charge on any atom is 0.268 e. The van der Waals surface area contributed by atoms with E-state index >= 15 is 0 Å². The second kappa shape index (κ2) is 12.0. The smallest absolute Gasteiger partial charge is 0.268 e. The van der Waals surface area contributed by atoms with E-state index in [-0.39, 0.29) is 17.9 Å². The van der Waals surface area contributed by atoms with Crippen molar-refractivity contribution in [1.82, 2.24) is 9.72 Å². The molecule has 9 heteroatoms. The summed E-state index contributed by atoms with van der Waals surface area (Å²) in [7, 11) is 4.56. The number of nitrogens with one attached hydrogen (secondary N) is 1. The van der Waals surface area contributed by atoms with Crippen LogP contribution >= 0.6 is 0 Å². The van der Waals surface area contributed by atoms with Crippen LogP contribution in [-0.4, -0.2) is 37.0 Å². The second-order valence-electron chi connectivity index (χ2n) is 11.1. The molecular formula is C38H31N3O6. The van der Waals surface area contributed by atoms with Gasteiger partial charge in [-0.1, -0.05) is 71.9 Å². The minimum Gasteiger partial charge on any atom is -0.493 e. The summed E-state index contributed by atoms with van der Waals surface area (Å²) < 4.78 is 23.5. The molecule has 0 aliphatic rings. The highest BCUT2D eigenvalue weighted by atomic mass is 16.5. The van der Waals surface area contributed by atoms with Crippen LogP contribution in [0.4, 0.5) is 5.69 Å². The number of hydrogen-bond acceptors (Lipinski definition) is 7. The summed E-state index contributed by atoms with van der Waals surface area (Å²) in [5.41, 5.74) is 4.75. The fourth-order valence-corrected chi connectivity index (χ4v) is 6.28. The number of aromatic nitrogens is 2. The lowest BCUT2D eigenvalue weighted by Crippen LogP contribution is -2.20. The van der Waals surface area contributed by atoms with Crippen molar-refractivity contribution in [2.75, 3.05) is 26.6 Å².